The predicted molar refractivity (Wildman–Crippen MR) is 123 cm³/mol. The fourth-order valence-corrected chi connectivity index (χ4v) is 4.55. The molecule has 0 aliphatic rings. The van der Waals surface area contributed by atoms with Crippen molar-refractivity contribution >= 4 is 51.4 Å². The number of nitrogens with zero attached hydrogens (tertiary/aromatic N) is 4. The number of para-hydroxylation sites is 1. The zero-order chi connectivity index (χ0) is 22.5. The number of ether oxygens (including phenoxy) is 1. The van der Waals surface area contributed by atoms with E-state index >= 15 is 0 Å². The molecule has 0 atom stereocenters. The van der Waals surface area contributed by atoms with Crippen LogP contribution in [-0.2, 0) is 17.2 Å². The number of benzene rings is 2. The van der Waals surface area contributed by atoms with Gasteiger partial charge in [0, 0.05) is 23.1 Å². The first-order chi connectivity index (χ1) is 15.5. The number of H-pyrrole nitrogens is 1. The van der Waals surface area contributed by atoms with Gasteiger partial charge in [0.1, 0.15) is 18.2 Å². The zero-order valence-corrected chi connectivity index (χ0v) is 19.2. The van der Waals surface area contributed by atoms with E-state index < -0.39 is 5.82 Å². The molecular formula is C21H17ClFN5O2S2. The van der Waals surface area contributed by atoms with Gasteiger partial charge >= 0.3 is 0 Å². The summed E-state index contributed by atoms with van der Waals surface area (Å²) in [6.07, 6.45) is 0. The number of aromatic nitrogens is 4. The van der Waals surface area contributed by atoms with Crippen molar-refractivity contribution in [2.45, 2.75) is 24.4 Å². The average Bonchev–Trinajstić information content (AvgIpc) is 3.43. The van der Waals surface area contributed by atoms with Gasteiger partial charge in [-0.1, -0.05) is 35.5 Å². The maximum absolute atomic E-state index is 14.2. The Bertz CT molecular complexity index is 1210. The van der Waals surface area contributed by atoms with Gasteiger partial charge in [-0.15, -0.1) is 16.4 Å². The topological polar surface area (TPSA) is 84.0 Å². The predicted octanol–water partition coefficient (Wildman–Crippen LogP) is 5.61. The molecule has 32 heavy (non-hydrogen) atoms. The van der Waals surface area contributed by atoms with Gasteiger partial charge in [0.2, 0.25) is 11.1 Å². The van der Waals surface area contributed by atoms with Crippen molar-refractivity contribution in [3.05, 3.63) is 76.3 Å². The van der Waals surface area contributed by atoms with E-state index in [2.05, 4.69) is 20.2 Å². The Morgan fingerprint density at radius 1 is 1.22 bits per heavy atom. The van der Waals surface area contributed by atoms with E-state index in [9.17, 15) is 9.18 Å². The Balaban J connectivity index is 1.36. The fourth-order valence-electron chi connectivity index (χ4n) is 2.73. The van der Waals surface area contributed by atoms with Crippen molar-refractivity contribution in [2.24, 2.45) is 0 Å². The van der Waals surface area contributed by atoms with Crippen LogP contribution in [0, 0.1) is 5.82 Å². The number of rotatable bonds is 8. The first kappa shape index (κ1) is 22.3. The van der Waals surface area contributed by atoms with Gasteiger partial charge in [0.15, 0.2) is 11.0 Å². The molecule has 11 heteroatoms. The van der Waals surface area contributed by atoms with E-state index in [1.54, 1.807) is 42.5 Å². The molecule has 4 rings (SSSR count). The molecule has 2 heterocycles. The molecule has 0 saturated carbocycles. The van der Waals surface area contributed by atoms with Crippen LogP contribution < -0.4 is 9.64 Å². The minimum Gasteiger partial charge on any atom is -0.486 e. The summed E-state index contributed by atoms with van der Waals surface area (Å²) in [6, 6.07) is 13.2. The molecule has 7 nitrogen and oxygen atoms in total. The summed E-state index contributed by atoms with van der Waals surface area (Å²) in [4.78, 5) is 22.3. The number of carbonyl (C=O) groups excluding carboxylic acids is 1. The molecule has 0 saturated heterocycles. The number of anilines is 2. The van der Waals surface area contributed by atoms with Crippen molar-refractivity contribution in [1.82, 2.24) is 20.2 Å². The second kappa shape index (κ2) is 10.1. The van der Waals surface area contributed by atoms with Crippen LogP contribution in [0.1, 0.15) is 18.4 Å². The normalized spacial score (nSPS) is 10.8. The molecule has 0 aliphatic heterocycles. The van der Waals surface area contributed by atoms with Crippen LogP contribution in [0.5, 0.6) is 5.75 Å². The second-order valence-corrected chi connectivity index (χ2v) is 8.74. The molecule has 0 unspecified atom stereocenters. The molecule has 0 fully saturated rings. The molecule has 0 bridgehead atoms. The minimum atomic E-state index is -0.483. The van der Waals surface area contributed by atoms with Gasteiger partial charge in [-0.2, -0.15) is 0 Å². The van der Waals surface area contributed by atoms with Crippen LogP contribution in [0.15, 0.2) is 59.1 Å². The summed E-state index contributed by atoms with van der Waals surface area (Å²) in [6.45, 7) is 1.62. The number of aromatic amines is 1. The highest BCUT2D eigenvalue weighted by atomic mass is 35.5. The lowest BCUT2D eigenvalue weighted by atomic mass is 10.3. The number of hydrogen-bond donors (Lipinski definition) is 1. The quantitative estimate of drug-likeness (QED) is 0.324. The summed E-state index contributed by atoms with van der Waals surface area (Å²) in [7, 11) is 0. The molecule has 2 aromatic carbocycles. The Kier molecular flexibility index (Phi) is 7.03. The molecule has 4 aromatic rings. The highest BCUT2D eigenvalue weighted by Crippen LogP contribution is 2.32. The Morgan fingerprint density at radius 3 is 2.75 bits per heavy atom. The van der Waals surface area contributed by atoms with Crippen LogP contribution >= 0.6 is 34.7 Å². The zero-order valence-electron chi connectivity index (χ0n) is 16.8. The van der Waals surface area contributed by atoms with E-state index in [1.165, 1.54) is 41.0 Å². The van der Waals surface area contributed by atoms with Crippen molar-refractivity contribution in [3.8, 4) is 5.75 Å². The standard InChI is InChI=1S/C21H17ClFN5O2S2/c1-13(29)28(18-5-3-2-4-17(18)23)21-24-15(12-32-21)11-31-20-25-19(26-27-20)10-30-16-8-6-14(22)7-9-16/h2-9,12H,10-11H2,1H3,(H,25,26,27). The van der Waals surface area contributed by atoms with E-state index in [0.29, 0.717) is 32.6 Å². The van der Waals surface area contributed by atoms with Gasteiger partial charge in [-0.25, -0.2) is 14.4 Å². The summed E-state index contributed by atoms with van der Waals surface area (Å²) in [5.41, 5.74) is 0.911. The van der Waals surface area contributed by atoms with Gasteiger partial charge in [0.25, 0.3) is 0 Å². The maximum Gasteiger partial charge on any atom is 0.230 e. The Morgan fingerprint density at radius 2 is 2.00 bits per heavy atom. The third-order valence-electron chi connectivity index (χ3n) is 4.19. The summed E-state index contributed by atoms with van der Waals surface area (Å²) in [5.74, 6) is 0.962. The SMILES string of the molecule is CC(=O)N(c1nc(CSc2n[nH]c(COc3ccc(Cl)cc3)n2)cs1)c1ccccc1F. The highest BCUT2D eigenvalue weighted by molar-refractivity contribution is 7.98. The number of hydrogen-bond acceptors (Lipinski definition) is 7. The smallest absolute Gasteiger partial charge is 0.230 e. The molecule has 0 aliphatic carbocycles. The average molecular weight is 490 g/mol. The van der Waals surface area contributed by atoms with Crippen LogP contribution in [0.4, 0.5) is 15.2 Å². The molecular weight excluding hydrogens is 473 g/mol. The van der Waals surface area contributed by atoms with Crippen molar-refractivity contribution in [2.75, 3.05) is 4.90 Å². The molecule has 164 valence electrons. The van der Waals surface area contributed by atoms with Gasteiger partial charge in [0.05, 0.1) is 11.4 Å². The number of thiazole rings is 1. The lowest BCUT2D eigenvalue weighted by Gasteiger charge is -2.18. The number of amides is 1. The van der Waals surface area contributed by atoms with Gasteiger partial charge in [-0.05, 0) is 36.4 Å². The largest absolute Gasteiger partial charge is 0.486 e. The molecule has 2 aromatic heterocycles. The number of thioether (sulfide) groups is 1. The van der Waals surface area contributed by atoms with Gasteiger partial charge in [-0.3, -0.25) is 14.8 Å². The number of halogens is 2. The maximum atomic E-state index is 14.2. The lowest BCUT2D eigenvalue weighted by Crippen LogP contribution is -2.23. The van der Waals surface area contributed by atoms with Crippen LogP contribution in [0.25, 0.3) is 0 Å². The Labute approximate surface area is 196 Å². The summed E-state index contributed by atoms with van der Waals surface area (Å²) >= 11 is 8.53. The summed E-state index contributed by atoms with van der Waals surface area (Å²) in [5, 5.41) is 10.4. The molecule has 0 spiro atoms. The second-order valence-electron chi connectivity index (χ2n) is 6.52. The monoisotopic (exact) mass is 489 g/mol. The lowest BCUT2D eigenvalue weighted by molar-refractivity contribution is -0.115. The van der Waals surface area contributed by atoms with Crippen LogP contribution in [0.3, 0.4) is 0 Å². The van der Waals surface area contributed by atoms with E-state index in [4.69, 9.17) is 16.3 Å². The molecule has 0 radical (unpaired) electrons. The molecule has 1 N–H and O–H groups in total. The first-order valence-corrected chi connectivity index (χ1v) is 11.7. The van der Waals surface area contributed by atoms with Crippen molar-refractivity contribution < 1.29 is 13.9 Å². The first-order valence-electron chi connectivity index (χ1n) is 9.41. The van der Waals surface area contributed by atoms with E-state index in [-0.39, 0.29) is 18.2 Å². The third kappa shape index (κ3) is 5.45. The van der Waals surface area contributed by atoms with Crippen molar-refractivity contribution in [1.29, 1.82) is 0 Å². The van der Waals surface area contributed by atoms with Crippen LogP contribution in [0.2, 0.25) is 5.02 Å². The molecule has 1 amide bonds. The Hall–Kier alpha value is -2.95. The number of nitrogens with one attached hydrogen (secondary N) is 1. The summed E-state index contributed by atoms with van der Waals surface area (Å²) < 4.78 is 19.8. The highest BCUT2D eigenvalue weighted by Gasteiger charge is 2.21. The third-order valence-corrected chi connectivity index (χ3v) is 6.20. The van der Waals surface area contributed by atoms with E-state index in [1.807, 2.05) is 5.38 Å². The van der Waals surface area contributed by atoms with Crippen molar-refractivity contribution in [3.63, 3.8) is 0 Å². The van der Waals surface area contributed by atoms with Crippen LogP contribution in [-0.4, -0.2) is 26.1 Å². The van der Waals surface area contributed by atoms with Gasteiger partial charge < -0.3 is 4.74 Å². The fraction of sp³-hybridized carbons (Fsp3) is 0.143. The minimum absolute atomic E-state index is 0.174. The van der Waals surface area contributed by atoms with E-state index in [0.717, 1.165) is 5.69 Å². The number of carbonyl (C=O) groups is 1.